The van der Waals surface area contributed by atoms with Crippen molar-refractivity contribution in [2.24, 2.45) is 0 Å². The number of fused-ring (bicyclic) bond motifs is 1. The molecule has 1 saturated heterocycles. The van der Waals surface area contributed by atoms with Crippen LogP contribution in [0.5, 0.6) is 5.75 Å². The van der Waals surface area contributed by atoms with Crippen molar-refractivity contribution in [2.75, 3.05) is 18.5 Å². The molecule has 8 heteroatoms. The quantitative estimate of drug-likeness (QED) is 0.643. The average Bonchev–Trinajstić information content (AvgIpc) is 3.13. The predicted molar refractivity (Wildman–Crippen MR) is 105 cm³/mol. The zero-order valence-corrected chi connectivity index (χ0v) is 16.2. The fourth-order valence-electron chi connectivity index (χ4n) is 3.37. The fourth-order valence-corrected chi connectivity index (χ4v) is 3.55. The molecule has 1 unspecified atom stereocenters. The highest BCUT2D eigenvalue weighted by atomic mass is 35.5. The van der Waals surface area contributed by atoms with Crippen LogP contribution in [0.1, 0.15) is 38.0 Å². The van der Waals surface area contributed by atoms with Crippen molar-refractivity contribution in [1.82, 2.24) is 19.7 Å². The Morgan fingerprint density at radius 2 is 2.22 bits per heavy atom. The van der Waals surface area contributed by atoms with Crippen LogP contribution < -0.4 is 10.1 Å². The van der Waals surface area contributed by atoms with Crippen LogP contribution in [-0.2, 0) is 4.74 Å². The number of nitrogens with one attached hydrogen (secondary N) is 1. The van der Waals surface area contributed by atoms with Gasteiger partial charge < -0.3 is 14.8 Å². The summed E-state index contributed by atoms with van der Waals surface area (Å²) in [4.78, 5) is 8.74. The Bertz CT molecular complexity index is 953. The smallest absolute Gasteiger partial charge is 0.224 e. The second kappa shape index (κ2) is 7.70. The van der Waals surface area contributed by atoms with E-state index in [2.05, 4.69) is 20.4 Å². The monoisotopic (exact) mass is 387 g/mol. The van der Waals surface area contributed by atoms with Gasteiger partial charge in [-0.25, -0.2) is 9.67 Å². The molecule has 4 rings (SSSR count). The number of aromatic nitrogens is 4. The largest absolute Gasteiger partial charge is 0.494 e. The van der Waals surface area contributed by atoms with Crippen molar-refractivity contribution in [1.29, 1.82) is 0 Å². The Morgan fingerprint density at radius 3 is 3.00 bits per heavy atom. The molecule has 3 heterocycles. The summed E-state index contributed by atoms with van der Waals surface area (Å²) in [5, 5.41) is 8.84. The molecule has 1 fully saturated rings. The van der Waals surface area contributed by atoms with Gasteiger partial charge in [0.2, 0.25) is 5.28 Å². The highest BCUT2D eigenvalue weighted by Crippen LogP contribution is 2.33. The molecule has 1 N–H and O–H groups in total. The molecule has 0 radical (unpaired) electrons. The van der Waals surface area contributed by atoms with Crippen LogP contribution >= 0.6 is 11.6 Å². The summed E-state index contributed by atoms with van der Waals surface area (Å²) < 4.78 is 13.4. The van der Waals surface area contributed by atoms with Crippen LogP contribution in [0, 0.1) is 6.92 Å². The number of nitrogens with zero attached hydrogens (tertiary/aromatic N) is 4. The van der Waals surface area contributed by atoms with Gasteiger partial charge in [-0.1, -0.05) is 0 Å². The van der Waals surface area contributed by atoms with Gasteiger partial charge in [-0.05, 0) is 56.8 Å². The lowest BCUT2D eigenvalue weighted by Gasteiger charge is -2.22. The summed E-state index contributed by atoms with van der Waals surface area (Å²) >= 11 is 6.14. The molecule has 3 aromatic rings. The van der Waals surface area contributed by atoms with E-state index in [0.717, 1.165) is 53.8 Å². The third-order valence-corrected chi connectivity index (χ3v) is 4.83. The van der Waals surface area contributed by atoms with Crippen LogP contribution in [-0.4, -0.2) is 33.0 Å². The van der Waals surface area contributed by atoms with E-state index in [0.29, 0.717) is 12.4 Å². The van der Waals surface area contributed by atoms with E-state index in [9.17, 15) is 0 Å². The summed E-state index contributed by atoms with van der Waals surface area (Å²) in [6, 6.07) is 3.80. The van der Waals surface area contributed by atoms with E-state index in [-0.39, 0.29) is 11.5 Å². The number of hydrogen-bond acceptors (Lipinski definition) is 6. The Morgan fingerprint density at radius 1 is 1.33 bits per heavy atom. The second-order valence-electron chi connectivity index (χ2n) is 6.51. The van der Waals surface area contributed by atoms with Crippen LogP contribution in [0.25, 0.3) is 10.9 Å². The fraction of sp³-hybridized carbons (Fsp3) is 0.421. The van der Waals surface area contributed by atoms with Crippen molar-refractivity contribution in [2.45, 2.75) is 39.3 Å². The van der Waals surface area contributed by atoms with Gasteiger partial charge in [0.1, 0.15) is 17.8 Å². The van der Waals surface area contributed by atoms with Crippen molar-refractivity contribution in [3.05, 3.63) is 35.4 Å². The van der Waals surface area contributed by atoms with Crippen molar-refractivity contribution < 1.29 is 9.47 Å². The molecule has 0 spiro atoms. The van der Waals surface area contributed by atoms with E-state index in [4.69, 9.17) is 21.1 Å². The van der Waals surface area contributed by atoms with Crippen molar-refractivity contribution in [3.8, 4) is 5.75 Å². The number of rotatable bonds is 5. The van der Waals surface area contributed by atoms with Gasteiger partial charge in [0.05, 0.1) is 30.2 Å². The summed E-state index contributed by atoms with van der Waals surface area (Å²) in [7, 11) is 0. The third-order valence-electron chi connectivity index (χ3n) is 4.66. The molecule has 0 aliphatic carbocycles. The lowest BCUT2D eigenvalue weighted by atomic mass is 10.1. The molecular formula is C19H22ClN5O2. The minimum absolute atomic E-state index is 0.00803. The maximum absolute atomic E-state index is 6.14. The van der Waals surface area contributed by atoms with E-state index < -0.39 is 0 Å². The molecule has 0 amide bonds. The van der Waals surface area contributed by atoms with Gasteiger partial charge in [-0.15, -0.1) is 0 Å². The molecular weight excluding hydrogens is 366 g/mol. The molecule has 2 aromatic heterocycles. The standard InChI is InChI=1S/C19H22ClN5O2/c1-3-26-15-8-7-14-17(12(15)2)18(24-19(20)23-14)22-13-10-21-25(11-13)16-6-4-5-9-27-16/h7-8,10-11,16H,3-6,9H2,1-2H3,(H,22,23,24). The summed E-state index contributed by atoms with van der Waals surface area (Å²) in [6.07, 6.45) is 6.92. The molecule has 142 valence electrons. The van der Waals surface area contributed by atoms with Crippen LogP contribution in [0.2, 0.25) is 5.28 Å². The van der Waals surface area contributed by atoms with Crippen molar-refractivity contribution in [3.63, 3.8) is 0 Å². The Kier molecular flexibility index (Phi) is 5.13. The lowest BCUT2D eigenvalue weighted by molar-refractivity contribution is -0.0394. The lowest BCUT2D eigenvalue weighted by Crippen LogP contribution is -2.18. The number of benzene rings is 1. The molecule has 1 aliphatic rings. The van der Waals surface area contributed by atoms with E-state index in [1.807, 2.05) is 36.9 Å². The van der Waals surface area contributed by atoms with E-state index >= 15 is 0 Å². The first kappa shape index (κ1) is 18.0. The number of anilines is 2. The number of hydrogen-bond donors (Lipinski definition) is 1. The molecule has 1 atom stereocenters. The van der Waals surface area contributed by atoms with Crippen molar-refractivity contribution >= 4 is 34.0 Å². The van der Waals surface area contributed by atoms with Gasteiger partial charge in [-0.2, -0.15) is 10.1 Å². The zero-order valence-electron chi connectivity index (χ0n) is 15.4. The maximum Gasteiger partial charge on any atom is 0.224 e. The molecule has 0 bridgehead atoms. The highest BCUT2D eigenvalue weighted by Gasteiger charge is 2.18. The number of ether oxygens (including phenoxy) is 2. The maximum atomic E-state index is 6.14. The molecule has 1 aromatic carbocycles. The Hall–Kier alpha value is -2.38. The zero-order chi connectivity index (χ0) is 18.8. The predicted octanol–water partition coefficient (Wildman–Crippen LogP) is 4.63. The van der Waals surface area contributed by atoms with Gasteiger partial charge in [0.15, 0.2) is 0 Å². The molecule has 0 saturated carbocycles. The van der Waals surface area contributed by atoms with E-state index in [1.165, 1.54) is 0 Å². The Labute approximate surface area is 162 Å². The third kappa shape index (κ3) is 3.70. The second-order valence-corrected chi connectivity index (χ2v) is 6.85. The van der Waals surface area contributed by atoms with Crippen LogP contribution in [0.3, 0.4) is 0 Å². The average molecular weight is 388 g/mol. The number of aryl methyl sites for hydroxylation is 1. The number of halogens is 1. The summed E-state index contributed by atoms with van der Waals surface area (Å²) in [6.45, 7) is 5.33. The van der Waals surface area contributed by atoms with Gasteiger partial charge in [-0.3, -0.25) is 0 Å². The summed E-state index contributed by atoms with van der Waals surface area (Å²) in [5.41, 5.74) is 2.56. The normalized spacial score (nSPS) is 17.2. The first-order valence-electron chi connectivity index (χ1n) is 9.18. The van der Waals surface area contributed by atoms with Crippen LogP contribution in [0.4, 0.5) is 11.5 Å². The minimum Gasteiger partial charge on any atom is -0.494 e. The topological polar surface area (TPSA) is 74.1 Å². The van der Waals surface area contributed by atoms with Gasteiger partial charge >= 0.3 is 0 Å². The SMILES string of the molecule is CCOc1ccc2nc(Cl)nc(Nc3cnn(C4CCCCO4)c3)c2c1C. The Balaban J connectivity index is 1.68. The minimum atomic E-state index is -0.00803. The molecule has 27 heavy (non-hydrogen) atoms. The first-order valence-corrected chi connectivity index (χ1v) is 9.56. The first-order chi connectivity index (χ1) is 13.2. The van der Waals surface area contributed by atoms with E-state index in [1.54, 1.807) is 6.20 Å². The molecule has 1 aliphatic heterocycles. The highest BCUT2D eigenvalue weighted by molar-refractivity contribution is 6.29. The summed E-state index contributed by atoms with van der Waals surface area (Å²) in [5.74, 6) is 1.44. The van der Waals surface area contributed by atoms with Crippen LogP contribution in [0.15, 0.2) is 24.5 Å². The van der Waals surface area contributed by atoms with Gasteiger partial charge in [0.25, 0.3) is 0 Å². The van der Waals surface area contributed by atoms with Gasteiger partial charge in [0, 0.05) is 17.6 Å². The molecule has 7 nitrogen and oxygen atoms in total.